The summed E-state index contributed by atoms with van der Waals surface area (Å²) in [7, 11) is 0. The fourth-order valence-electron chi connectivity index (χ4n) is 1.51. The second kappa shape index (κ2) is 4.97. The number of aryl methyl sites for hydroxylation is 3. The topological polar surface area (TPSA) is 30.7 Å². The van der Waals surface area contributed by atoms with Crippen LogP contribution >= 0.6 is 22.9 Å². The minimum absolute atomic E-state index is 0.500. The van der Waals surface area contributed by atoms with E-state index in [0.717, 1.165) is 29.4 Å². The van der Waals surface area contributed by atoms with Gasteiger partial charge >= 0.3 is 0 Å². The number of nitrogens with zero attached hydrogens (tertiary/aromatic N) is 3. The van der Waals surface area contributed by atoms with Gasteiger partial charge in [-0.1, -0.05) is 0 Å². The van der Waals surface area contributed by atoms with Crippen molar-refractivity contribution < 1.29 is 0 Å². The Hall–Kier alpha value is -0.870. The van der Waals surface area contributed by atoms with E-state index in [1.165, 1.54) is 5.69 Å². The average molecular weight is 256 g/mol. The molecule has 0 spiro atoms. The number of hydrogen-bond acceptors (Lipinski definition) is 3. The summed E-state index contributed by atoms with van der Waals surface area (Å²) in [5.74, 6) is 0.500. The summed E-state index contributed by atoms with van der Waals surface area (Å²) in [6, 6.07) is 0. The summed E-state index contributed by atoms with van der Waals surface area (Å²) in [4.78, 5) is 8.71. The molecule has 86 valence electrons. The van der Waals surface area contributed by atoms with Crippen molar-refractivity contribution >= 4 is 22.9 Å². The molecule has 2 aromatic rings. The summed E-state index contributed by atoms with van der Waals surface area (Å²) in [6.07, 6.45) is 2.83. The maximum atomic E-state index is 5.71. The molecule has 0 saturated carbocycles. The second-order valence-electron chi connectivity index (χ2n) is 3.72. The lowest BCUT2D eigenvalue weighted by molar-refractivity contribution is 0.673. The fourth-order valence-corrected chi connectivity index (χ4v) is 2.53. The van der Waals surface area contributed by atoms with Crippen molar-refractivity contribution in [3.05, 3.63) is 33.8 Å². The summed E-state index contributed by atoms with van der Waals surface area (Å²) in [5, 5.41) is 3.16. The monoisotopic (exact) mass is 255 g/mol. The summed E-state index contributed by atoms with van der Waals surface area (Å²) < 4.78 is 2.16. The van der Waals surface area contributed by atoms with Gasteiger partial charge in [-0.2, -0.15) is 0 Å². The van der Waals surface area contributed by atoms with Crippen LogP contribution in [0.4, 0.5) is 0 Å². The molecule has 16 heavy (non-hydrogen) atoms. The van der Waals surface area contributed by atoms with Crippen molar-refractivity contribution in [1.29, 1.82) is 0 Å². The third-order valence-corrected chi connectivity index (χ3v) is 3.88. The third-order valence-electron chi connectivity index (χ3n) is 2.65. The molecule has 0 fully saturated rings. The zero-order chi connectivity index (χ0) is 11.5. The van der Waals surface area contributed by atoms with E-state index in [2.05, 4.69) is 21.5 Å². The van der Waals surface area contributed by atoms with Gasteiger partial charge in [-0.15, -0.1) is 22.9 Å². The SMILES string of the molecule is Cc1ncn(CCc2nc(CCl)cs2)c1C. The Morgan fingerprint density at radius 2 is 2.25 bits per heavy atom. The van der Waals surface area contributed by atoms with Crippen LogP contribution < -0.4 is 0 Å². The molecule has 0 N–H and O–H groups in total. The maximum absolute atomic E-state index is 5.71. The predicted octanol–water partition coefficient (Wildman–Crippen LogP) is 2.94. The van der Waals surface area contributed by atoms with Crippen molar-refractivity contribution in [3.63, 3.8) is 0 Å². The molecule has 0 aliphatic rings. The van der Waals surface area contributed by atoms with E-state index in [4.69, 9.17) is 11.6 Å². The van der Waals surface area contributed by atoms with Crippen molar-refractivity contribution in [1.82, 2.24) is 14.5 Å². The number of alkyl halides is 1. The minimum atomic E-state index is 0.500. The first-order valence-electron chi connectivity index (χ1n) is 5.18. The molecular formula is C11H14ClN3S. The molecule has 0 aliphatic carbocycles. The highest BCUT2D eigenvalue weighted by atomic mass is 35.5. The summed E-state index contributed by atoms with van der Waals surface area (Å²) in [6.45, 7) is 5.05. The van der Waals surface area contributed by atoms with Crippen LogP contribution in [0.1, 0.15) is 22.1 Å². The molecule has 0 unspecified atom stereocenters. The molecule has 2 heterocycles. The number of aromatic nitrogens is 3. The number of rotatable bonds is 4. The van der Waals surface area contributed by atoms with Gasteiger partial charge in [0.25, 0.3) is 0 Å². The van der Waals surface area contributed by atoms with E-state index < -0.39 is 0 Å². The van der Waals surface area contributed by atoms with E-state index >= 15 is 0 Å². The zero-order valence-corrected chi connectivity index (χ0v) is 11.0. The molecule has 2 rings (SSSR count). The Morgan fingerprint density at radius 3 is 2.81 bits per heavy atom. The van der Waals surface area contributed by atoms with Crippen LogP contribution in [-0.4, -0.2) is 14.5 Å². The fraction of sp³-hybridized carbons (Fsp3) is 0.455. The first-order chi connectivity index (χ1) is 7.70. The van der Waals surface area contributed by atoms with Crippen molar-refractivity contribution in [2.24, 2.45) is 0 Å². The van der Waals surface area contributed by atoms with E-state index in [0.29, 0.717) is 5.88 Å². The first-order valence-corrected chi connectivity index (χ1v) is 6.59. The Balaban J connectivity index is 1.99. The highest BCUT2D eigenvalue weighted by molar-refractivity contribution is 7.09. The van der Waals surface area contributed by atoms with Crippen LogP contribution in [0.5, 0.6) is 0 Å². The van der Waals surface area contributed by atoms with Gasteiger partial charge in [0.05, 0.1) is 28.6 Å². The van der Waals surface area contributed by atoms with Gasteiger partial charge in [-0.25, -0.2) is 9.97 Å². The van der Waals surface area contributed by atoms with E-state index in [9.17, 15) is 0 Å². The van der Waals surface area contributed by atoms with E-state index in [1.54, 1.807) is 11.3 Å². The van der Waals surface area contributed by atoms with Gasteiger partial charge in [0.1, 0.15) is 0 Å². The van der Waals surface area contributed by atoms with Crippen LogP contribution in [0.2, 0.25) is 0 Å². The predicted molar refractivity (Wildman–Crippen MR) is 67.1 cm³/mol. The molecule has 0 aliphatic heterocycles. The summed E-state index contributed by atoms with van der Waals surface area (Å²) in [5.41, 5.74) is 3.30. The highest BCUT2D eigenvalue weighted by Gasteiger charge is 2.04. The van der Waals surface area contributed by atoms with E-state index in [-0.39, 0.29) is 0 Å². The van der Waals surface area contributed by atoms with E-state index in [1.807, 2.05) is 18.6 Å². The molecule has 0 atom stereocenters. The van der Waals surface area contributed by atoms with Gasteiger partial charge in [0, 0.05) is 24.0 Å². The van der Waals surface area contributed by atoms with Crippen LogP contribution in [0, 0.1) is 13.8 Å². The Labute approximate surface area is 104 Å². The molecule has 0 saturated heterocycles. The Morgan fingerprint density at radius 1 is 1.44 bits per heavy atom. The van der Waals surface area contributed by atoms with Crippen LogP contribution in [0.3, 0.4) is 0 Å². The van der Waals surface area contributed by atoms with Gasteiger partial charge < -0.3 is 4.57 Å². The average Bonchev–Trinajstić information content (AvgIpc) is 2.86. The molecule has 0 aromatic carbocycles. The number of thiazole rings is 1. The molecule has 0 bridgehead atoms. The zero-order valence-electron chi connectivity index (χ0n) is 9.40. The van der Waals surface area contributed by atoms with Crippen molar-refractivity contribution in [2.75, 3.05) is 0 Å². The number of imidazole rings is 1. The lowest BCUT2D eigenvalue weighted by atomic mass is 10.3. The number of halogens is 1. The van der Waals surface area contributed by atoms with Gasteiger partial charge in [0.2, 0.25) is 0 Å². The van der Waals surface area contributed by atoms with Crippen molar-refractivity contribution in [2.45, 2.75) is 32.7 Å². The molecule has 2 aromatic heterocycles. The molecule has 0 amide bonds. The Kier molecular flexibility index (Phi) is 3.61. The largest absolute Gasteiger partial charge is 0.334 e. The quantitative estimate of drug-likeness (QED) is 0.787. The minimum Gasteiger partial charge on any atom is -0.334 e. The third kappa shape index (κ3) is 2.44. The normalized spacial score (nSPS) is 10.9. The second-order valence-corrected chi connectivity index (χ2v) is 4.93. The van der Waals surface area contributed by atoms with Crippen LogP contribution in [0.25, 0.3) is 0 Å². The van der Waals surface area contributed by atoms with Crippen LogP contribution in [-0.2, 0) is 18.8 Å². The smallest absolute Gasteiger partial charge is 0.0951 e. The maximum Gasteiger partial charge on any atom is 0.0951 e. The summed E-state index contributed by atoms with van der Waals surface area (Å²) >= 11 is 7.39. The Bertz CT molecular complexity index is 475. The first kappa shape index (κ1) is 11.6. The van der Waals surface area contributed by atoms with Gasteiger partial charge in [-0.05, 0) is 13.8 Å². The number of hydrogen-bond donors (Lipinski definition) is 0. The lowest BCUT2D eigenvalue weighted by Gasteiger charge is -2.03. The molecule has 5 heteroatoms. The van der Waals surface area contributed by atoms with Crippen molar-refractivity contribution in [3.8, 4) is 0 Å². The standard InChI is InChI=1S/C11H14ClN3S/c1-8-9(2)15(7-13-8)4-3-11-14-10(5-12)6-16-11/h6-7H,3-5H2,1-2H3. The van der Waals surface area contributed by atoms with Crippen LogP contribution in [0.15, 0.2) is 11.7 Å². The highest BCUT2D eigenvalue weighted by Crippen LogP contribution is 2.13. The molecule has 3 nitrogen and oxygen atoms in total. The molecular weight excluding hydrogens is 242 g/mol. The lowest BCUT2D eigenvalue weighted by Crippen LogP contribution is -2.02. The van der Waals surface area contributed by atoms with Gasteiger partial charge in [-0.3, -0.25) is 0 Å². The molecule has 0 radical (unpaired) electrons. The van der Waals surface area contributed by atoms with Gasteiger partial charge in [0.15, 0.2) is 0 Å².